The summed E-state index contributed by atoms with van der Waals surface area (Å²) in [7, 11) is 1.92. The molecule has 94 valence electrons. The van der Waals surface area contributed by atoms with Crippen molar-refractivity contribution in [1.29, 1.82) is 0 Å². The number of hydrogen-bond acceptors (Lipinski definition) is 2. The highest BCUT2D eigenvalue weighted by atomic mass is 19.1. The number of rotatable bonds is 3. The van der Waals surface area contributed by atoms with Crippen LogP contribution in [0, 0.1) is 17.7 Å². The summed E-state index contributed by atoms with van der Waals surface area (Å²) < 4.78 is 13.8. The second kappa shape index (κ2) is 5.58. The van der Waals surface area contributed by atoms with Gasteiger partial charge >= 0.3 is 0 Å². The smallest absolute Gasteiger partial charge is 0.146 e. The highest BCUT2D eigenvalue weighted by molar-refractivity contribution is 5.18. The van der Waals surface area contributed by atoms with Crippen LogP contribution in [-0.4, -0.2) is 12.0 Å². The van der Waals surface area contributed by atoms with E-state index in [2.05, 4.69) is 17.2 Å². The van der Waals surface area contributed by atoms with Crippen LogP contribution in [0.25, 0.3) is 0 Å². The zero-order valence-corrected chi connectivity index (χ0v) is 10.6. The first kappa shape index (κ1) is 12.5. The molecule has 0 saturated heterocycles. The SMILES string of the molecule is CNC(c1ccncc1F)C1CCCC(C)C1. The highest BCUT2D eigenvalue weighted by Crippen LogP contribution is 2.37. The van der Waals surface area contributed by atoms with Gasteiger partial charge in [-0.15, -0.1) is 0 Å². The van der Waals surface area contributed by atoms with Crippen LogP contribution in [0.5, 0.6) is 0 Å². The molecule has 0 radical (unpaired) electrons. The summed E-state index contributed by atoms with van der Waals surface area (Å²) in [4.78, 5) is 3.82. The normalized spacial score (nSPS) is 26.8. The molecule has 1 aromatic rings. The fourth-order valence-electron chi connectivity index (χ4n) is 3.07. The van der Waals surface area contributed by atoms with Gasteiger partial charge in [0.05, 0.1) is 6.20 Å². The van der Waals surface area contributed by atoms with Crippen molar-refractivity contribution in [1.82, 2.24) is 10.3 Å². The first-order chi connectivity index (χ1) is 8.22. The topological polar surface area (TPSA) is 24.9 Å². The lowest BCUT2D eigenvalue weighted by atomic mass is 9.77. The van der Waals surface area contributed by atoms with Crippen molar-refractivity contribution >= 4 is 0 Å². The number of nitrogens with zero attached hydrogens (tertiary/aromatic N) is 1. The van der Waals surface area contributed by atoms with Crippen molar-refractivity contribution in [2.75, 3.05) is 7.05 Å². The van der Waals surface area contributed by atoms with E-state index in [4.69, 9.17) is 0 Å². The standard InChI is InChI=1S/C14H21FN2/c1-10-4-3-5-11(8-10)14(16-2)12-6-7-17-9-13(12)15/h6-7,9-11,14,16H,3-5,8H2,1-2H3. The minimum atomic E-state index is -0.190. The van der Waals surface area contributed by atoms with E-state index in [1.54, 1.807) is 12.3 Å². The molecule has 1 aliphatic rings. The minimum Gasteiger partial charge on any atom is -0.313 e. The maximum absolute atomic E-state index is 13.8. The Hall–Kier alpha value is -0.960. The van der Waals surface area contributed by atoms with E-state index < -0.39 is 0 Å². The molecule has 0 aliphatic heterocycles. The van der Waals surface area contributed by atoms with Crippen LogP contribution in [0.4, 0.5) is 4.39 Å². The lowest BCUT2D eigenvalue weighted by Crippen LogP contribution is -2.29. The summed E-state index contributed by atoms with van der Waals surface area (Å²) in [6, 6.07) is 1.93. The van der Waals surface area contributed by atoms with Gasteiger partial charge in [0.25, 0.3) is 0 Å². The van der Waals surface area contributed by atoms with E-state index in [1.165, 1.54) is 31.9 Å². The van der Waals surface area contributed by atoms with Crippen LogP contribution in [0.1, 0.15) is 44.2 Å². The summed E-state index contributed by atoms with van der Waals surface area (Å²) in [6.07, 6.45) is 7.94. The van der Waals surface area contributed by atoms with Gasteiger partial charge in [-0.05, 0) is 37.8 Å². The lowest BCUT2D eigenvalue weighted by molar-refractivity contribution is 0.227. The molecule has 17 heavy (non-hydrogen) atoms. The minimum absolute atomic E-state index is 0.126. The molecular formula is C14H21FN2. The predicted molar refractivity (Wildman–Crippen MR) is 67.1 cm³/mol. The van der Waals surface area contributed by atoms with Crippen LogP contribution in [0.15, 0.2) is 18.5 Å². The molecule has 2 nitrogen and oxygen atoms in total. The van der Waals surface area contributed by atoms with Crippen LogP contribution >= 0.6 is 0 Å². The second-order valence-electron chi connectivity index (χ2n) is 5.20. The van der Waals surface area contributed by atoms with Gasteiger partial charge in [0.15, 0.2) is 0 Å². The zero-order chi connectivity index (χ0) is 12.3. The van der Waals surface area contributed by atoms with Gasteiger partial charge in [0, 0.05) is 17.8 Å². The van der Waals surface area contributed by atoms with Crippen LogP contribution < -0.4 is 5.32 Å². The molecule has 3 unspecified atom stereocenters. The Balaban J connectivity index is 2.18. The Morgan fingerprint density at radius 1 is 1.47 bits per heavy atom. The maximum Gasteiger partial charge on any atom is 0.146 e. The molecular weight excluding hydrogens is 215 g/mol. The van der Waals surface area contributed by atoms with E-state index in [1.807, 2.05) is 7.05 Å². The van der Waals surface area contributed by atoms with Gasteiger partial charge in [0.1, 0.15) is 5.82 Å². The molecule has 0 spiro atoms. The molecule has 0 amide bonds. The molecule has 1 aliphatic carbocycles. The van der Waals surface area contributed by atoms with Gasteiger partial charge in [-0.3, -0.25) is 4.98 Å². The van der Waals surface area contributed by atoms with Gasteiger partial charge in [-0.2, -0.15) is 0 Å². The van der Waals surface area contributed by atoms with E-state index in [-0.39, 0.29) is 11.9 Å². The first-order valence-corrected chi connectivity index (χ1v) is 6.49. The predicted octanol–water partition coefficient (Wildman–Crippen LogP) is 3.31. The largest absolute Gasteiger partial charge is 0.313 e. The van der Waals surface area contributed by atoms with Gasteiger partial charge in [0.2, 0.25) is 0 Å². The number of nitrogens with one attached hydrogen (secondary N) is 1. The zero-order valence-electron chi connectivity index (χ0n) is 10.6. The highest BCUT2D eigenvalue weighted by Gasteiger charge is 2.28. The fourth-order valence-corrected chi connectivity index (χ4v) is 3.07. The fraction of sp³-hybridized carbons (Fsp3) is 0.643. The van der Waals surface area contributed by atoms with Crippen molar-refractivity contribution in [3.05, 3.63) is 29.8 Å². The third kappa shape index (κ3) is 2.83. The van der Waals surface area contributed by atoms with Gasteiger partial charge < -0.3 is 5.32 Å². The van der Waals surface area contributed by atoms with Crippen LogP contribution in [0.2, 0.25) is 0 Å². The molecule has 3 heteroatoms. The third-order valence-electron chi connectivity index (χ3n) is 3.90. The number of aromatic nitrogens is 1. The molecule has 0 aromatic carbocycles. The average molecular weight is 236 g/mol. The molecule has 0 bridgehead atoms. The molecule has 3 atom stereocenters. The summed E-state index contributed by atoms with van der Waals surface area (Å²) in [5.74, 6) is 1.11. The van der Waals surface area contributed by atoms with Gasteiger partial charge in [-0.25, -0.2) is 4.39 Å². The van der Waals surface area contributed by atoms with Crippen LogP contribution in [0.3, 0.4) is 0 Å². The lowest BCUT2D eigenvalue weighted by Gasteiger charge is -2.33. The summed E-state index contributed by atoms with van der Waals surface area (Å²) >= 11 is 0. The van der Waals surface area contributed by atoms with Crippen LogP contribution in [-0.2, 0) is 0 Å². The Kier molecular flexibility index (Phi) is 4.11. The summed E-state index contributed by atoms with van der Waals surface area (Å²) in [6.45, 7) is 2.29. The number of halogens is 1. The quantitative estimate of drug-likeness (QED) is 0.871. The Labute approximate surface area is 103 Å². The van der Waals surface area contributed by atoms with Crippen molar-refractivity contribution in [2.45, 2.75) is 38.6 Å². The average Bonchev–Trinajstić information content (AvgIpc) is 2.33. The number of pyridine rings is 1. The van der Waals surface area contributed by atoms with Crippen molar-refractivity contribution in [3.8, 4) is 0 Å². The van der Waals surface area contributed by atoms with E-state index in [9.17, 15) is 4.39 Å². The molecule has 1 heterocycles. The van der Waals surface area contributed by atoms with Crippen molar-refractivity contribution in [3.63, 3.8) is 0 Å². The molecule has 1 fully saturated rings. The Morgan fingerprint density at radius 3 is 2.94 bits per heavy atom. The Bertz CT molecular complexity index is 367. The third-order valence-corrected chi connectivity index (χ3v) is 3.90. The first-order valence-electron chi connectivity index (χ1n) is 6.49. The number of hydrogen-bond donors (Lipinski definition) is 1. The van der Waals surface area contributed by atoms with Gasteiger partial charge in [-0.1, -0.05) is 19.8 Å². The molecule has 2 rings (SSSR count). The monoisotopic (exact) mass is 236 g/mol. The van der Waals surface area contributed by atoms with Crippen molar-refractivity contribution < 1.29 is 4.39 Å². The molecule has 1 N–H and O–H groups in total. The molecule has 1 aromatic heterocycles. The van der Waals surface area contributed by atoms with E-state index >= 15 is 0 Å². The Morgan fingerprint density at radius 2 is 2.29 bits per heavy atom. The second-order valence-corrected chi connectivity index (χ2v) is 5.20. The summed E-state index contributed by atoms with van der Waals surface area (Å²) in [5, 5.41) is 3.28. The maximum atomic E-state index is 13.8. The molecule has 1 saturated carbocycles. The summed E-state index contributed by atoms with van der Waals surface area (Å²) in [5.41, 5.74) is 0.765. The van der Waals surface area contributed by atoms with E-state index in [0.29, 0.717) is 5.92 Å². The van der Waals surface area contributed by atoms with E-state index in [0.717, 1.165) is 11.5 Å². The van der Waals surface area contributed by atoms with Crippen molar-refractivity contribution in [2.24, 2.45) is 11.8 Å².